The molecule has 6 heterocycles. The van der Waals surface area contributed by atoms with Crippen LogP contribution >= 0.6 is 0 Å². The number of ether oxygens (including phenoxy) is 2. The zero-order valence-corrected chi connectivity index (χ0v) is 42.2. The van der Waals surface area contributed by atoms with Gasteiger partial charge in [-0.25, -0.2) is 48.3 Å². The van der Waals surface area contributed by atoms with Crippen LogP contribution in [0, 0.1) is 11.6 Å². The third kappa shape index (κ3) is 16.8. The Balaban J connectivity index is 0.000000264. The number of nitrogens with one attached hydrogen (secondary N) is 6. The SMILES string of the molecule is C.CCNC(=O)Nc1nc2c([C@H]3CCCO3)c(F)c(-c3cnc(C(C)(C)O)nc3)cc2[nH]1.CCNC(=O)Nc1nc2c([C@H]3CCCO3)c(F)c(-c3cnc(C(C)(C)O)nc3)cc2[nH]1.CS(=O)(=O)O.CS(=O)(=O)O. The van der Waals surface area contributed by atoms with Crippen molar-refractivity contribution in [3.8, 4) is 22.3 Å². The number of aromatic amines is 2. The summed E-state index contributed by atoms with van der Waals surface area (Å²) in [4.78, 5) is 55.4. The standard InChI is InChI=1S/2C21H25FN6O3.2CH4O3S.CH4/c2*1-4-23-20(29)28-19-26-13-8-12(11-9-24-18(25-10-11)21(2,3)30)16(22)15(17(13)27-19)14-6-5-7-31-14;2*1-5(2,3)4;/h2*8-10,14,30H,4-7H2,1-3H3,(H3,23,26,27,28,29);2*1H3,(H,2,3,4);1H4/t2*14-;;;/m11.../s1. The number of halogens is 2. The molecule has 400 valence electrons. The van der Waals surface area contributed by atoms with Gasteiger partial charge in [0, 0.05) is 84.5 Å². The van der Waals surface area contributed by atoms with E-state index in [-0.39, 0.29) is 42.1 Å². The number of H-pyrrole nitrogens is 2. The number of urea groups is 2. The predicted molar refractivity (Wildman–Crippen MR) is 268 cm³/mol. The molecule has 0 unspecified atom stereocenters. The summed E-state index contributed by atoms with van der Waals surface area (Å²) in [6, 6.07) is 2.41. The molecule has 4 aromatic heterocycles. The van der Waals surface area contributed by atoms with Crippen LogP contribution in [0.4, 0.5) is 30.3 Å². The summed E-state index contributed by atoms with van der Waals surface area (Å²) in [6.45, 7) is 12.0. The minimum atomic E-state index is -3.67. The second-order valence-electron chi connectivity index (χ2n) is 17.4. The highest BCUT2D eigenvalue weighted by Gasteiger charge is 2.31. The maximum absolute atomic E-state index is 15.7. The average molecular weight is 1070 g/mol. The normalized spacial score (nSPS) is 15.7. The second kappa shape index (κ2) is 24.5. The van der Waals surface area contributed by atoms with E-state index >= 15 is 8.78 Å². The third-order valence-corrected chi connectivity index (χ3v) is 10.2. The number of carbonyl (C=O) groups is 2. The monoisotopic (exact) mass is 1060 g/mol. The zero-order valence-electron chi connectivity index (χ0n) is 40.6. The molecule has 6 aromatic rings. The van der Waals surface area contributed by atoms with E-state index in [9.17, 15) is 36.6 Å². The van der Waals surface area contributed by atoms with Crippen molar-refractivity contribution in [2.24, 2.45) is 0 Å². The van der Waals surface area contributed by atoms with Crippen LogP contribution in [0.3, 0.4) is 0 Å². The molecule has 8 rings (SSSR count). The minimum Gasteiger partial charge on any atom is -0.382 e. The number of carbonyl (C=O) groups excluding carboxylic acids is 2. The Morgan fingerprint density at radius 2 is 0.986 bits per heavy atom. The Labute approximate surface area is 420 Å². The molecule has 4 amide bonds. The van der Waals surface area contributed by atoms with E-state index in [0.29, 0.717) is 96.0 Å². The minimum absolute atomic E-state index is 0. The molecular formula is C45H62F2N12O12S2. The van der Waals surface area contributed by atoms with Gasteiger partial charge in [0.2, 0.25) is 11.9 Å². The molecule has 0 radical (unpaired) electrons. The van der Waals surface area contributed by atoms with Gasteiger partial charge in [0.25, 0.3) is 20.2 Å². The lowest BCUT2D eigenvalue weighted by molar-refractivity contribution is 0.0682. The van der Waals surface area contributed by atoms with E-state index in [1.807, 2.05) is 0 Å². The van der Waals surface area contributed by atoms with Gasteiger partial charge in [0.05, 0.1) is 46.8 Å². The van der Waals surface area contributed by atoms with Gasteiger partial charge in [-0.15, -0.1) is 0 Å². The number of fused-ring (bicyclic) bond motifs is 2. The summed E-state index contributed by atoms with van der Waals surface area (Å²) in [5, 5.41) is 30.7. The molecule has 10 N–H and O–H groups in total. The summed E-state index contributed by atoms with van der Waals surface area (Å²) < 4.78 is 94.7. The Hall–Kier alpha value is -6.40. The van der Waals surface area contributed by atoms with Crippen LogP contribution in [0.5, 0.6) is 0 Å². The van der Waals surface area contributed by atoms with Crippen molar-refractivity contribution in [1.29, 1.82) is 0 Å². The molecule has 24 nitrogen and oxygen atoms in total. The Bertz CT molecular complexity index is 2860. The van der Waals surface area contributed by atoms with E-state index < -0.39 is 67.3 Å². The fraction of sp³-hybridized carbons (Fsp3) is 0.467. The van der Waals surface area contributed by atoms with Gasteiger partial charge < -0.3 is 40.3 Å². The van der Waals surface area contributed by atoms with Crippen molar-refractivity contribution < 1.29 is 64.0 Å². The predicted octanol–water partition coefficient (Wildman–Crippen LogP) is 6.40. The van der Waals surface area contributed by atoms with Gasteiger partial charge >= 0.3 is 12.1 Å². The Morgan fingerprint density at radius 3 is 1.25 bits per heavy atom. The van der Waals surface area contributed by atoms with Crippen molar-refractivity contribution in [1.82, 2.24) is 50.5 Å². The first-order valence-corrected chi connectivity index (χ1v) is 26.0. The molecule has 0 bridgehead atoms. The van der Waals surface area contributed by atoms with Crippen LogP contribution in [0.15, 0.2) is 36.9 Å². The van der Waals surface area contributed by atoms with Crippen molar-refractivity contribution in [3.63, 3.8) is 0 Å². The van der Waals surface area contributed by atoms with E-state index in [1.54, 1.807) is 53.7 Å². The lowest BCUT2D eigenvalue weighted by Crippen LogP contribution is -2.28. The molecule has 2 fully saturated rings. The Kier molecular flexibility index (Phi) is 19.9. The fourth-order valence-corrected chi connectivity index (χ4v) is 7.23. The maximum Gasteiger partial charge on any atom is 0.321 e. The van der Waals surface area contributed by atoms with Crippen molar-refractivity contribution >= 4 is 66.3 Å². The quantitative estimate of drug-likeness (QED) is 0.0663. The van der Waals surface area contributed by atoms with Crippen molar-refractivity contribution in [2.45, 2.75) is 98.1 Å². The smallest absolute Gasteiger partial charge is 0.321 e. The number of amides is 4. The van der Waals surface area contributed by atoms with Gasteiger partial charge in [-0.3, -0.25) is 19.7 Å². The zero-order chi connectivity index (χ0) is 53.3. The molecule has 2 aliphatic heterocycles. The second-order valence-corrected chi connectivity index (χ2v) is 20.3. The maximum atomic E-state index is 15.7. The lowest BCUT2D eigenvalue weighted by Gasteiger charge is -2.17. The molecule has 2 atom stereocenters. The molecule has 0 aliphatic carbocycles. The van der Waals surface area contributed by atoms with Crippen LogP contribution in [0.25, 0.3) is 44.3 Å². The number of aromatic nitrogens is 8. The first-order valence-electron chi connectivity index (χ1n) is 22.3. The number of hydrogen-bond acceptors (Lipinski definition) is 16. The molecule has 2 saturated heterocycles. The number of anilines is 2. The van der Waals surface area contributed by atoms with Crippen LogP contribution in [-0.4, -0.2) is 127 Å². The number of nitrogens with zero attached hydrogens (tertiary/aromatic N) is 6. The summed E-state index contributed by atoms with van der Waals surface area (Å²) in [6.07, 6.45) is 9.50. The first kappa shape index (κ1) is 59.2. The fourth-order valence-electron chi connectivity index (χ4n) is 7.23. The number of imidazole rings is 2. The number of hydrogen-bond donors (Lipinski definition) is 10. The molecule has 28 heteroatoms. The molecule has 73 heavy (non-hydrogen) atoms. The largest absolute Gasteiger partial charge is 0.382 e. The van der Waals surface area contributed by atoms with Gasteiger partial charge in [-0.05, 0) is 79.4 Å². The van der Waals surface area contributed by atoms with E-state index in [4.69, 9.17) is 18.6 Å². The molecule has 0 spiro atoms. The van der Waals surface area contributed by atoms with Crippen LogP contribution in [0.1, 0.15) is 110 Å². The van der Waals surface area contributed by atoms with Gasteiger partial charge in [-0.2, -0.15) is 16.8 Å². The van der Waals surface area contributed by atoms with Crippen LogP contribution < -0.4 is 21.3 Å². The van der Waals surface area contributed by atoms with Crippen molar-refractivity contribution in [3.05, 3.63) is 71.3 Å². The van der Waals surface area contributed by atoms with Crippen LogP contribution in [0.2, 0.25) is 0 Å². The summed E-state index contributed by atoms with van der Waals surface area (Å²) >= 11 is 0. The number of benzene rings is 2. The summed E-state index contributed by atoms with van der Waals surface area (Å²) in [7, 11) is -7.33. The van der Waals surface area contributed by atoms with E-state index in [1.165, 1.54) is 24.8 Å². The van der Waals surface area contributed by atoms with Gasteiger partial charge in [0.1, 0.15) is 22.8 Å². The molecule has 2 aromatic carbocycles. The lowest BCUT2D eigenvalue weighted by atomic mass is 9.98. The number of rotatable bonds is 10. The van der Waals surface area contributed by atoms with Gasteiger partial charge in [0.15, 0.2) is 11.6 Å². The first-order chi connectivity index (χ1) is 33.5. The topological polar surface area (TPSA) is 359 Å². The van der Waals surface area contributed by atoms with E-state index in [0.717, 1.165) is 12.8 Å². The number of aliphatic hydroxyl groups is 2. The third-order valence-electron chi connectivity index (χ3n) is 10.2. The van der Waals surface area contributed by atoms with Crippen molar-refractivity contribution in [2.75, 3.05) is 49.4 Å². The summed E-state index contributed by atoms with van der Waals surface area (Å²) in [5.41, 5.74) is 1.71. The molecular weight excluding hydrogens is 1000 g/mol. The Morgan fingerprint density at radius 1 is 0.671 bits per heavy atom. The average Bonchev–Trinajstić information content (AvgIpc) is 4.11. The highest BCUT2D eigenvalue weighted by molar-refractivity contribution is 7.85. The van der Waals surface area contributed by atoms with Gasteiger partial charge in [-0.1, -0.05) is 7.43 Å². The van der Waals surface area contributed by atoms with E-state index in [2.05, 4.69) is 61.1 Å². The highest BCUT2D eigenvalue weighted by atomic mass is 32.2. The summed E-state index contributed by atoms with van der Waals surface area (Å²) in [5.74, 6) is -0.0139. The highest BCUT2D eigenvalue weighted by Crippen LogP contribution is 2.41. The molecule has 0 saturated carbocycles. The van der Waals surface area contributed by atoms with Crippen LogP contribution in [-0.2, 0) is 40.9 Å². The molecule has 2 aliphatic rings.